The van der Waals surface area contributed by atoms with Gasteiger partial charge in [-0.2, -0.15) is 0 Å². The minimum absolute atomic E-state index is 0.137. The minimum Gasteiger partial charge on any atom is -0.494 e. The van der Waals surface area contributed by atoms with Crippen LogP contribution in [0, 0.1) is 0 Å². The van der Waals surface area contributed by atoms with Crippen LogP contribution in [0.25, 0.3) is 10.2 Å². The fraction of sp³-hybridized carbons (Fsp3) is 0.118. The number of carbonyl (C=O) groups is 2. The Kier molecular flexibility index (Phi) is 5.30. The van der Waals surface area contributed by atoms with Crippen molar-refractivity contribution in [3.05, 3.63) is 52.5 Å². The fourth-order valence-electron chi connectivity index (χ4n) is 2.17. The molecule has 0 aliphatic rings. The number of ether oxygens (including phenoxy) is 1. The first-order valence-corrected chi connectivity index (χ1v) is 8.95. The Morgan fingerprint density at radius 3 is 2.68 bits per heavy atom. The van der Waals surface area contributed by atoms with Crippen LogP contribution in [-0.4, -0.2) is 30.5 Å². The van der Waals surface area contributed by atoms with Crippen LogP contribution in [0.5, 0.6) is 5.75 Å². The highest BCUT2D eigenvalue weighted by molar-refractivity contribution is 9.10. The molecule has 0 atom stereocenters. The Labute approximate surface area is 156 Å². The molecule has 2 N–H and O–H groups in total. The van der Waals surface area contributed by atoms with Crippen LogP contribution in [0.1, 0.15) is 10.4 Å². The number of hydrogen-bond acceptors (Lipinski definition) is 5. The third-order valence-corrected chi connectivity index (χ3v) is 4.83. The molecule has 0 spiro atoms. The van der Waals surface area contributed by atoms with Crippen LogP contribution >= 0.6 is 27.3 Å². The zero-order valence-electron chi connectivity index (χ0n) is 13.2. The molecule has 0 saturated heterocycles. The highest BCUT2D eigenvalue weighted by Crippen LogP contribution is 2.31. The Hall–Kier alpha value is -2.45. The van der Waals surface area contributed by atoms with Gasteiger partial charge in [0.05, 0.1) is 18.4 Å². The van der Waals surface area contributed by atoms with E-state index in [-0.39, 0.29) is 18.4 Å². The second kappa shape index (κ2) is 7.62. The van der Waals surface area contributed by atoms with Gasteiger partial charge in [-0.25, -0.2) is 4.98 Å². The van der Waals surface area contributed by atoms with Gasteiger partial charge < -0.3 is 15.4 Å². The normalized spacial score (nSPS) is 10.5. The number of thiazole rings is 1. The Morgan fingerprint density at radius 2 is 1.96 bits per heavy atom. The Morgan fingerprint density at radius 1 is 1.20 bits per heavy atom. The fourth-order valence-corrected chi connectivity index (χ4v) is 3.33. The monoisotopic (exact) mass is 419 g/mol. The molecule has 3 aromatic rings. The summed E-state index contributed by atoms with van der Waals surface area (Å²) in [6.07, 6.45) is 0. The molecular formula is C17H14BrN3O3S. The van der Waals surface area contributed by atoms with Crippen molar-refractivity contribution < 1.29 is 14.3 Å². The van der Waals surface area contributed by atoms with Gasteiger partial charge in [0.25, 0.3) is 5.91 Å². The number of anilines is 1. The number of nitrogens with one attached hydrogen (secondary N) is 2. The molecule has 0 radical (unpaired) electrons. The molecule has 1 aromatic heterocycles. The highest BCUT2D eigenvalue weighted by atomic mass is 79.9. The SMILES string of the molecule is COc1cccc2sc(NC(=O)CNC(=O)c3ccc(Br)cc3)nc12. The molecule has 2 amide bonds. The number of amides is 2. The molecule has 1 heterocycles. The maximum absolute atomic E-state index is 12.0. The lowest BCUT2D eigenvalue weighted by Gasteiger charge is -2.05. The lowest BCUT2D eigenvalue weighted by molar-refractivity contribution is -0.115. The molecule has 6 nitrogen and oxygen atoms in total. The van der Waals surface area contributed by atoms with Crippen molar-refractivity contribution in [3.63, 3.8) is 0 Å². The Bertz CT molecular complexity index is 925. The summed E-state index contributed by atoms with van der Waals surface area (Å²) in [6.45, 7) is -0.137. The first-order chi connectivity index (χ1) is 12.1. The lowest BCUT2D eigenvalue weighted by Crippen LogP contribution is -2.32. The summed E-state index contributed by atoms with van der Waals surface area (Å²) in [5, 5.41) is 5.73. The van der Waals surface area contributed by atoms with Crippen LogP contribution < -0.4 is 15.4 Å². The number of rotatable bonds is 5. The molecular weight excluding hydrogens is 406 g/mol. The smallest absolute Gasteiger partial charge is 0.251 e. The molecule has 0 aliphatic carbocycles. The maximum atomic E-state index is 12.0. The number of hydrogen-bond donors (Lipinski definition) is 2. The third-order valence-electron chi connectivity index (χ3n) is 3.36. The second-order valence-corrected chi connectivity index (χ2v) is 7.01. The highest BCUT2D eigenvalue weighted by Gasteiger charge is 2.12. The molecule has 0 aliphatic heterocycles. The van der Waals surface area contributed by atoms with Crippen molar-refractivity contribution in [2.75, 3.05) is 19.0 Å². The van der Waals surface area contributed by atoms with Gasteiger partial charge >= 0.3 is 0 Å². The first kappa shape index (κ1) is 17.4. The number of halogens is 1. The number of fused-ring (bicyclic) bond motifs is 1. The molecule has 0 unspecified atom stereocenters. The van der Waals surface area contributed by atoms with Gasteiger partial charge in [0.15, 0.2) is 5.13 Å². The first-order valence-electron chi connectivity index (χ1n) is 7.34. The van der Waals surface area contributed by atoms with Crippen molar-refractivity contribution >= 4 is 54.4 Å². The van der Waals surface area contributed by atoms with Gasteiger partial charge in [-0.1, -0.05) is 33.3 Å². The predicted molar refractivity (Wildman–Crippen MR) is 101 cm³/mol. The van der Waals surface area contributed by atoms with Gasteiger partial charge in [-0.15, -0.1) is 0 Å². The van der Waals surface area contributed by atoms with E-state index in [1.54, 1.807) is 31.4 Å². The number of nitrogens with zero attached hydrogens (tertiary/aromatic N) is 1. The largest absolute Gasteiger partial charge is 0.494 e. The summed E-state index contributed by atoms with van der Waals surface area (Å²) in [5.41, 5.74) is 1.19. The number of aromatic nitrogens is 1. The standard InChI is InChI=1S/C17H14BrN3O3S/c1-24-12-3-2-4-13-15(12)21-17(25-13)20-14(22)9-19-16(23)10-5-7-11(18)8-6-10/h2-8H,9H2,1H3,(H,19,23)(H,20,21,22). The van der Waals surface area contributed by atoms with E-state index in [0.717, 1.165) is 9.17 Å². The van der Waals surface area contributed by atoms with E-state index in [1.165, 1.54) is 11.3 Å². The van der Waals surface area contributed by atoms with E-state index in [4.69, 9.17) is 4.74 Å². The van der Waals surface area contributed by atoms with E-state index in [2.05, 4.69) is 31.5 Å². The zero-order valence-corrected chi connectivity index (χ0v) is 15.6. The number of methoxy groups -OCH3 is 1. The molecule has 0 saturated carbocycles. The summed E-state index contributed by atoms with van der Waals surface area (Å²) in [6, 6.07) is 12.5. The third kappa shape index (κ3) is 4.15. The summed E-state index contributed by atoms with van der Waals surface area (Å²) in [7, 11) is 1.57. The van der Waals surface area contributed by atoms with Crippen LogP contribution in [-0.2, 0) is 4.79 Å². The van der Waals surface area contributed by atoms with Crippen molar-refractivity contribution in [2.45, 2.75) is 0 Å². The summed E-state index contributed by atoms with van der Waals surface area (Å²) < 4.78 is 7.05. The van der Waals surface area contributed by atoms with Gasteiger partial charge in [0.2, 0.25) is 5.91 Å². The molecule has 128 valence electrons. The zero-order chi connectivity index (χ0) is 17.8. The van der Waals surface area contributed by atoms with Gasteiger partial charge in [0.1, 0.15) is 11.3 Å². The van der Waals surface area contributed by atoms with Gasteiger partial charge in [-0.05, 0) is 36.4 Å². The Balaban J connectivity index is 1.61. The second-order valence-electron chi connectivity index (χ2n) is 5.06. The minimum atomic E-state index is -0.344. The van der Waals surface area contributed by atoms with Crippen molar-refractivity contribution in [1.82, 2.24) is 10.3 Å². The molecule has 0 fully saturated rings. The topological polar surface area (TPSA) is 80.3 Å². The number of benzene rings is 2. The quantitative estimate of drug-likeness (QED) is 0.663. The number of para-hydroxylation sites is 1. The molecule has 0 bridgehead atoms. The van der Waals surface area contributed by atoms with Crippen molar-refractivity contribution in [2.24, 2.45) is 0 Å². The lowest BCUT2D eigenvalue weighted by atomic mass is 10.2. The summed E-state index contributed by atoms with van der Waals surface area (Å²) in [4.78, 5) is 28.4. The maximum Gasteiger partial charge on any atom is 0.251 e. The molecule has 2 aromatic carbocycles. The van der Waals surface area contributed by atoms with Crippen LogP contribution in [0.3, 0.4) is 0 Å². The molecule has 8 heteroatoms. The molecule has 3 rings (SSSR count). The number of carbonyl (C=O) groups excluding carboxylic acids is 2. The van der Waals surface area contributed by atoms with Gasteiger partial charge in [0, 0.05) is 10.0 Å². The van der Waals surface area contributed by atoms with Gasteiger partial charge in [-0.3, -0.25) is 9.59 Å². The van der Waals surface area contributed by atoms with E-state index >= 15 is 0 Å². The van der Waals surface area contributed by atoms with Crippen LogP contribution in [0.4, 0.5) is 5.13 Å². The van der Waals surface area contributed by atoms with Crippen molar-refractivity contribution in [1.29, 1.82) is 0 Å². The van der Waals surface area contributed by atoms with Crippen LogP contribution in [0.2, 0.25) is 0 Å². The van der Waals surface area contributed by atoms with E-state index < -0.39 is 0 Å². The van der Waals surface area contributed by atoms with Crippen LogP contribution in [0.15, 0.2) is 46.9 Å². The summed E-state index contributed by atoms with van der Waals surface area (Å²) in [5.74, 6) is -0.00473. The van der Waals surface area contributed by atoms with E-state index in [1.807, 2.05) is 18.2 Å². The van der Waals surface area contributed by atoms with E-state index in [0.29, 0.717) is 22.0 Å². The average molecular weight is 420 g/mol. The van der Waals surface area contributed by atoms with Crippen molar-refractivity contribution in [3.8, 4) is 5.75 Å². The van der Waals surface area contributed by atoms with E-state index in [9.17, 15) is 9.59 Å². The predicted octanol–water partition coefficient (Wildman–Crippen LogP) is 3.44. The summed E-state index contributed by atoms with van der Waals surface area (Å²) >= 11 is 4.65. The average Bonchev–Trinajstić information content (AvgIpc) is 3.02. The molecule has 25 heavy (non-hydrogen) atoms.